The molecule has 1 saturated heterocycles. The summed E-state index contributed by atoms with van der Waals surface area (Å²) >= 11 is 0. The Morgan fingerprint density at radius 1 is 0.941 bits per heavy atom. The van der Waals surface area contributed by atoms with Gasteiger partial charge in [-0.2, -0.15) is 13.2 Å². The van der Waals surface area contributed by atoms with E-state index in [0.29, 0.717) is 18.7 Å². The molecule has 4 heterocycles. The predicted octanol–water partition coefficient (Wildman–Crippen LogP) is 5.91. The summed E-state index contributed by atoms with van der Waals surface area (Å²) in [6, 6.07) is 7.84. The maximum Gasteiger partial charge on any atom is 0.394 e. The molecule has 1 aliphatic heterocycles. The topological polar surface area (TPSA) is 60.8 Å². The first-order chi connectivity index (χ1) is 16.1. The van der Waals surface area contributed by atoms with Gasteiger partial charge in [0.25, 0.3) is 0 Å². The van der Waals surface area contributed by atoms with Gasteiger partial charge < -0.3 is 4.74 Å². The van der Waals surface area contributed by atoms with Gasteiger partial charge in [0.05, 0.1) is 28.0 Å². The summed E-state index contributed by atoms with van der Waals surface area (Å²) < 4.78 is 45.5. The highest BCUT2D eigenvalue weighted by Crippen LogP contribution is 2.78. The summed E-state index contributed by atoms with van der Waals surface area (Å²) in [6.07, 6.45) is -0.159. The van der Waals surface area contributed by atoms with Crippen molar-refractivity contribution in [1.29, 1.82) is 0 Å². The monoisotopic (exact) mass is 470 g/mol. The standard InChI is InChI=1S/C20H22F3N3O.C6H7N/c1-11-12(2)25-16-15(24-11)7-14(13-3-5-27-6-4-13)26-17(16)18-8-19(9-18,10-18)20(21,22)23;1-6-4-2-3-5-7-6/h7,13H,3-6,8-10H2,1-2H3;2-5H,1H3. The van der Waals surface area contributed by atoms with Crippen LogP contribution < -0.4 is 0 Å². The fourth-order valence-corrected chi connectivity index (χ4v) is 5.61. The first kappa shape index (κ1) is 23.1. The zero-order valence-electron chi connectivity index (χ0n) is 19.7. The fraction of sp³-hybridized carbons (Fsp3) is 0.538. The Kier molecular flexibility index (Phi) is 5.62. The van der Waals surface area contributed by atoms with Gasteiger partial charge in [0, 0.05) is 42.1 Å². The molecule has 34 heavy (non-hydrogen) atoms. The first-order valence-corrected chi connectivity index (χ1v) is 11.8. The number of fused-ring (bicyclic) bond motifs is 1. The van der Waals surface area contributed by atoms with Crippen LogP contribution >= 0.6 is 0 Å². The van der Waals surface area contributed by atoms with Crippen molar-refractivity contribution in [2.24, 2.45) is 5.41 Å². The summed E-state index contributed by atoms with van der Waals surface area (Å²) in [4.78, 5) is 18.3. The minimum absolute atomic E-state index is 0.136. The average molecular weight is 471 g/mol. The van der Waals surface area contributed by atoms with E-state index in [1.54, 1.807) is 6.20 Å². The van der Waals surface area contributed by atoms with Crippen molar-refractivity contribution in [3.05, 3.63) is 58.9 Å². The van der Waals surface area contributed by atoms with E-state index in [1.165, 1.54) is 0 Å². The highest BCUT2D eigenvalue weighted by atomic mass is 19.4. The molecule has 3 aliphatic carbocycles. The molecule has 0 N–H and O–H groups in total. The molecule has 2 bridgehead atoms. The van der Waals surface area contributed by atoms with E-state index >= 15 is 0 Å². The molecular formula is C26H29F3N4O. The lowest BCUT2D eigenvalue weighted by Crippen LogP contribution is -2.70. The van der Waals surface area contributed by atoms with Crippen molar-refractivity contribution in [2.45, 2.75) is 70.4 Å². The van der Waals surface area contributed by atoms with Crippen LogP contribution in [-0.4, -0.2) is 39.3 Å². The van der Waals surface area contributed by atoms with Gasteiger partial charge in [-0.15, -0.1) is 0 Å². The van der Waals surface area contributed by atoms with Gasteiger partial charge in [-0.3, -0.25) is 9.97 Å². The Balaban J connectivity index is 0.000000297. The maximum atomic E-state index is 13.3. The van der Waals surface area contributed by atoms with Gasteiger partial charge in [0.1, 0.15) is 5.52 Å². The van der Waals surface area contributed by atoms with Crippen molar-refractivity contribution >= 4 is 11.0 Å². The minimum Gasteiger partial charge on any atom is -0.381 e. The van der Waals surface area contributed by atoms with E-state index in [9.17, 15) is 13.2 Å². The number of hydrogen-bond donors (Lipinski definition) is 0. The Morgan fingerprint density at radius 3 is 2.18 bits per heavy atom. The SMILES string of the molecule is Cc1ccccn1.Cc1nc2cc(C3CCOCC3)nc(C34CC(C(F)(F)F)(C3)C4)c2nc1C. The third-order valence-electron chi connectivity index (χ3n) is 7.67. The molecule has 3 aromatic heterocycles. The van der Waals surface area contributed by atoms with Crippen LogP contribution in [0.4, 0.5) is 13.2 Å². The second-order valence-electron chi connectivity index (χ2n) is 10.1. The summed E-state index contributed by atoms with van der Waals surface area (Å²) in [7, 11) is 0. The molecular weight excluding hydrogens is 441 g/mol. The smallest absolute Gasteiger partial charge is 0.381 e. The maximum absolute atomic E-state index is 13.3. The van der Waals surface area contributed by atoms with Gasteiger partial charge in [-0.25, -0.2) is 9.97 Å². The van der Waals surface area contributed by atoms with Crippen LogP contribution in [0.2, 0.25) is 0 Å². The molecule has 3 aromatic rings. The highest BCUT2D eigenvalue weighted by Gasteiger charge is 2.79. The Morgan fingerprint density at radius 2 is 1.62 bits per heavy atom. The summed E-state index contributed by atoms with van der Waals surface area (Å²) in [5.41, 5.74) is 3.87. The van der Waals surface area contributed by atoms with Gasteiger partial charge in [-0.1, -0.05) is 6.07 Å². The second kappa shape index (κ2) is 8.26. The zero-order valence-corrected chi connectivity index (χ0v) is 19.7. The van der Waals surface area contributed by atoms with Crippen LogP contribution in [0.1, 0.15) is 66.5 Å². The number of rotatable bonds is 2. The molecule has 7 rings (SSSR count). The van der Waals surface area contributed by atoms with Gasteiger partial charge >= 0.3 is 6.18 Å². The first-order valence-electron chi connectivity index (χ1n) is 11.8. The molecule has 0 amide bonds. The third-order valence-corrected chi connectivity index (χ3v) is 7.67. The number of nitrogens with zero attached hydrogens (tertiary/aromatic N) is 4. The molecule has 0 spiro atoms. The predicted molar refractivity (Wildman–Crippen MR) is 123 cm³/mol. The molecule has 0 radical (unpaired) electrons. The molecule has 0 unspecified atom stereocenters. The average Bonchev–Trinajstić information content (AvgIpc) is 2.73. The quantitative estimate of drug-likeness (QED) is 0.466. The summed E-state index contributed by atoms with van der Waals surface area (Å²) in [5.74, 6) is 0.272. The number of pyridine rings is 2. The van der Waals surface area contributed by atoms with Gasteiger partial charge in [-0.05, 0) is 71.1 Å². The van der Waals surface area contributed by atoms with Crippen molar-refractivity contribution in [2.75, 3.05) is 13.2 Å². The van der Waals surface area contributed by atoms with Crippen molar-refractivity contribution in [3.63, 3.8) is 0 Å². The minimum atomic E-state index is -4.12. The molecule has 4 fully saturated rings. The van der Waals surface area contributed by atoms with Crippen molar-refractivity contribution in [1.82, 2.24) is 19.9 Å². The van der Waals surface area contributed by atoms with Crippen LogP contribution in [-0.2, 0) is 10.2 Å². The number of aromatic nitrogens is 4. The van der Waals surface area contributed by atoms with E-state index in [4.69, 9.17) is 14.7 Å². The van der Waals surface area contributed by atoms with Crippen molar-refractivity contribution < 1.29 is 17.9 Å². The fourth-order valence-electron chi connectivity index (χ4n) is 5.61. The van der Waals surface area contributed by atoms with Crippen molar-refractivity contribution in [3.8, 4) is 0 Å². The normalized spacial score (nSPS) is 26.3. The lowest BCUT2D eigenvalue weighted by Gasteiger charge is -2.70. The third kappa shape index (κ3) is 3.85. The Hall–Kier alpha value is -2.61. The molecule has 3 saturated carbocycles. The zero-order chi connectivity index (χ0) is 24.1. The van der Waals surface area contributed by atoms with Crippen LogP contribution in [0.15, 0.2) is 30.5 Å². The number of aryl methyl sites for hydroxylation is 3. The lowest BCUT2D eigenvalue weighted by molar-refractivity contribution is -0.337. The molecule has 5 nitrogen and oxygen atoms in total. The van der Waals surface area contributed by atoms with E-state index in [1.807, 2.05) is 45.0 Å². The number of halogens is 3. The molecule has 8 heteroatoms. The van der Waals surface area contributed by atoms with E-state index in [2.05, 4.69) is 9.97 Å². The highest BCUT2D eigenvalue weighted by molar-refractivity contribution is 5.79. The molecule has 0 atom stereocenters. The number of ether oxygens (including phenoxy) is 1. The van der Waals surface area contributed by atoms with Gasteiger partial charge in [0.2, 0.25) is 0 Å². The molecule has 0 aromatic carbocycles. The van der Waals surface area contributed by atoms with Crippen LogP contribution in [0, 0.1) is 26.2 Å². The van der Waals surface area contributed by atoms with Gasteiger partial charge in [0.15, 0.2) is 0 Å². The van der Waals surface area contributed by atoms with E-state index in [-0.39, 0.29) is 25.2 Å². The van der Waals surface area contributed by atoms with E-state index in [0.717, 1.165) is 46.8 Å². The molecule has 180 valence electrons. The summed E-state index contributed by atoms with van der Waals surface area (Å²) in [5, 5.41) is 0. The largest absolute Gasteiger partial charge is 0.394 e. The Labute approximate surface area is 197 Å². The number of alkyl halides is 3. The Bertz CT molecular complexity index is 1190. The summed E-state index contributed by atoms with van der Waals surface area (Å²) in [6.45, 7) is 7.16. The van der Waals surface area contributed by atoms with Crippen LogP contribution in [0.3, 0.4) is 0 Å². The van der Waals surface area contributed by atoms with Crippen LogP contribution in [0.25, 0.3) is 11.0 Å². The second-order valence-corrected chi connectivity index (χ2v) is 10.1. The van der Waals surface area contributed by atoms with E-state index < -0.39 is 17.0 Å². The van der Waals surface area contributed by atoms with Crippen LogP contribution in [0.5, 0.6) is 0 Å². The number of hydrogen-bond acceptors (Lipinski definition) is 5. The molecule has 4 aliphatic rings. The lowest BCUT2D eigenvalue weighted by atomic mass is 9.34.